The van der Waals surface area contributed by atoms with Crippen molar-refractivity contribution in [2.45, 2.75) is 11.6 Å². The van der Waals surface area contributed by atoms with Gasteiger partial charge >= 0.3 is 0 Å². The van der Waals surface area contributed by atoms with Crippen molar-refractivity contribution in [2.24, 2.45) is 0 Å². The summed E-state index contributed by atoms with van der Waals surface area (Å²) in [5, 5.41) is 12.5. The lowest BCUT2D eigenvalue weighted by atomic mass is 10.3. The summed E-state index contributed by atoms with van der Waals surface area (Å²) in [5.74, 6) is 0. The zero-order valence-electron chi connectivity index (χ0n) is 6.78. The smallest absolute Gasteiger partial charge is 0.214 e. The predicted molar refractivity (Wildman–Crippen MR) is 49.5 cm³/mol. The van der Waals surface area contributed by atoms with Crippen LogP contribution < -0.4 is 5.32 Å². The van der Waals surface area contributed by atoms with E-state index in [1.807, 2.05) is 6.07 Å². The predicted octanol–water partition coefficient (Wildman–Crippen LogP) is 0.618. The lowest BCUT2D eigenvalue weighted by Crippen LogP contribution is -2.16. The Balaban J connectivity index is 2.38. The zero-order valence-corrected chi connectivity index (χ0v) is 7.60. The van der Waals surface area contributed by atoms with Crippen molar-refractivity contribution < 1.29 is 9.90 Å². The average Bonchev–Trinajstić information content (AvgIpc) is 2.16. The van der Waals surface area contributed by atoms with E-state index in [0.717, 1.165) is 17.4 Å². The molecule has 0 atom stereocenters. The van der Waals surface area contributed by atoms with Crippen molar-refractivity contribution in [1.29, 1.82) is 0 Å². The highest BCUT2D eigenvalue weighted by atomic mass is 32.2. The molecule has 2 heterocycles. The molecule has 5 heteroatoms. The Morgan fingerprint density at radius 3 is 3.23 bits per heavy atom. The topological polar surface area (TPSA) is 62.2 Å². The molecule has 0 amide bonds. The number of nitrogens with zero attached hydrogens (tertiary/aromatic N) is 1. The molecular weight excluding hydrogens is 188 g/mol. The Morgan fingerprint density at radius 1 is 1.62 bits per heavy atom. The Kier molecular flexibility index (Phi) is 2.20. The van der Waals surface area contributed by atoms with Crippen molar-refractivity contribution in [3.63, 3.8) is 0 Å². The van der Waals surface area contributed by atoms with Crippen molar-refractivity contribution in [3.8, 4) is 0 Å². The van der Waals surface area contributed by atoms with Gasteiger partial charge in [-0.05, 0) is 23.9 Å². The van der Waals surface area contributed by atoms with E-state index < -0.39 is 0 Å². The van der Waals surface area contributed by atoms with Crippen LogP contribution in [0.2, 0.25) is 0 Å². The molecule has 1 aliphatic heterocycles. The molecule has 0 unspecified atom stereocenters. The molecule has 0 spiro atoms. The fourth-order valence-corrected chi connectivity index (χ4v) is 1.86. The first-order valence-corrected chi connectivity index (χ1v) is 4.66. The third-order valence-corrected chi connectivity index (χ3v) is 2.59. The highest BCUT2D eigenvalue weighted by Crippen LogP contribution is 2.29. The number of fused-ring (bicyclic) bond motifs is 1. The molecule has 13 heavy (non-hydrogen) atoms. The maximum absolute atomic E-state index is 11.0. The summed E-state index contributed by atoms with van der Waals surface area (Å²) in [7, 11) is 0. The zero-order chi connectivity index (χ0) is 9.26. The van der Waals surface area contributed by atoms with E-state index in [1.165, 1.54) is 0 Å². The van der Waals surface area contributed by atoms with Crippen LogP contribution in [0.25, 0.3) is 0 Å². The molecule has 0 aromatic carbocycles. The summed E-state index contributed by atoms with van der Waals surface area (Å²) in [5.41, 5.74) is 1.45. The van der Waals surface area contributed by atoms with Gasteiger partial charge in [0, 0.05) is 0 Å². The molecule has 2 rings (SSSR count). The molecule has 0 fully saturated rings. The number of pyridine rings is 1. The minimum Gasteiger partial charge on any atom is -0.390 e. The number of thioether (sulfide) groups is 1. The van der Waals surface area contributed by atoms with Gasteiger partial charge in [-0.1, -0.05) is 0 Å². The van der Waals surface area contributed by atoms with Gasteiger partial charge < -0.3 is 10.4 Å². The molecule has 1 aliphatic rings. The van der Waals surface area contributed by atoms with Crippen LogP contribution >= 0.6 is 11.8 Å². The van der Waals surface area contributed by atoms with Gasteiger partial charge in [0.25, 0.3) is 0 Å². The van der Waals surface area contributed by atoms with Crippen LogP contribution in [0, 0.1) is 0 Å². The van der Waals surface area contributed by atoms with Crippen LogP contribution in [0.3, 0.4) is 0 Å². The summed E-state index contributed by atoms with van der Waals surface area (Å²) in [4.78, 5) is 15.1. The molecule has 0 saturated heterocycles. The van der Waals surface area contributed by atoms with Crippen molar-refractivity contribution in [3.05, 3.63) is 17.8 Å². The summed E-state index contributed by atoms with van der Waals surface area (Å²) in [6, 6.07) is 3.56. The van der Waals surface area contributed by atoms with Crippen LogP contribution in [-0.4, -0.2) is 21.8 Å². The van der Waals surface area contributed by atoms with Gasteiger partial charge in [-0.2, -0.15) is 0 Å². The van der Waals surface area contributed by atoms with Gasteiger partial charge in [0.05, 0.1) is 24.5 Å². The van der Waals surface area contributed by atoms with Crippen LogP contribution in [0.15, 0.2) is 17.2 Å². The summed E-state index contributed by atoms with van der Waals surface area (Å²) >= 11 is 1.12. The van der Waals surface area contributed by atoms with Crippen LogP contribution in [-0.2, 0) is 11.4 Å². The number of anilines is 1. The molecule has 0 saturated carbocycles. The SMILES string of the molecule is O=C1CNc2ccc(CO)nc2S1. The molecule has 1 aromatic heterocycles. The molecule has 0 radical (unpaired) electrons. The van der Waals surface area contributed by atoms with Crippen molar-refractivity contribution in [1.82, 2.24) is 4.98 Å². The lowest BCUT2D eigenvalue weighted by Gasteiger charge is -2.15. The Bertz CT molecular complexity index is 354. The van der Waals surface area contributed by atoms with E-state index in [4.69, 9.17) is 5.11 Å². The normalized spacial score (nSPS) is 15.0. The van der Waals surface area contributed by atoms with E-state index in [2.05, 4.69) is 10.3 Å². The van der Waals surface area contributed by atoms with Crippen LogP contribution in [0.1, 0.15) is 5.69 Å². The van der Waals surface area contributed by atoms with E-state index in [9.17, 15) is 4.79 Å². The molecule has 68 valence electrons. The third-order valence-electron chi connectivity index (χ3n) is 1.71. The molecule has 0 aliphatic carbocycles. The first-order valence-electron chi connectivity index (χ1n) is 3.85. The molecular formula is C8H8N2O2S. The Hall–Kier alpha value is -1.07. The first-order chi connectivity index (χ1) is 6.29. The fraction of sp³-hybridized carbons (Fsp3) is 0.250. The molecule has 2 N–H and O–H groups in total. The van der Waals surface area contributed by atoms with Crippen LogP contribution in [0.5, 0.6) is 0 Å². The number of aromatic nitrogens is 1. The minimum atomic E-state index is -0.0952. The van der Waals surface area contributed by atoms with E-state index in [1.54, 1.807) is 6.07 Å². The van der Waals surface area contributed by atoms with E-state index >= 15 is 0 Å². The summed E-state index contributed by atoms with van der Waals surface area (Å²) < 4.78 is 0. The maximum atomic E-state index is 11.0. The number of aliphatic hydroxyl groups is 1. The van der Waals surface area contributed by atoms with E-state index in [-0.39, 0.29) is 11.7 Å². The quantitative estimate of drug-likeness (QED) is 0.689. The highest BCUT2D eigenvalue weighted by molar-refractivity contribution is 8.13. The van der Waals surface area contributed by atoms with Gasteiger partial charge in [0.15, 0.2) is 0 Å². The number of hydrogen-bond donors (Lipinski definition) is 2. The minimum absolute atomic E-state index is 0.0510. The van der Waals surface area contributed by atoms with Crippen LogP contribution in [0.4, 0.5) is 5.69 Å². The third kappa shape index (κ3) is 1.66. The first kappa shape index (κ1) is 8.52. The van der Waals surface area contributed by atoms with Gasteiger partial charge in [-0.15, -0.1) is 0 Å². The summed E-state index contributed by atoms with van der Waals surface area (Å²) in [6.45, 7) is 0.250. The van der Waals surface area contributed by atoms with Gasteiger partial charge in [0.1, 0.15) is 5.03 Å². The maximum Gasteiger partial charge on any atom is 0.214 e. The van der Waals surface area contributed by atoms with Crippen molar-refractivity contribution >= 4 is 22.6 Å². The largest absolute Gasteiger partial charge is 0.390 e. The Morgan fingerprint density at radius 2 is 2.46 bits per heavy atom. The van der Waals surface area contributed by atoms with Gasteiger partial charge in [0.2, 0.25) is 5.12 Å². The number of rotatable bonds is 1. The fourth-order valence-electron chi connectivity index (χ4n) is 1.09. The number of carbonyl (C=O) groups excluding carboxylic acids is 1. The summed E-state index contributed by atoms with van der Waals surface area (Å²) in [6.07, 6.45) is 0. The standard InChI is InChI=1S/C8H8N2O2S/c11-4-5-1-2-6-8(10-5)13-7(12)3-9-6/h1-2,9,11H,3-4H2. The number of aliphatic hydroxyl groups excluding tert-OH is 1. The molecule has 0 bridgehead atoms. The van der Waals surface area contributed by atoms with E-state index in [0.29, 0.717) is 17.3 Å². The monoisotopic (exact) mass is 196 g/mol. The lowest BCUT2D eigenvalue weighted by molar-refractivity contribution is -0.109. The number of nitrogens with one attached hydrogen (secondary N) is 1. The van der Waals surface area contributed by atoms with Gasteiger partial charge in [-0.25, -0.2) is 4.98 Å². The van der Waals surface area contributed by atoms with Gasteiger partial charge in [-0.3, -0.25) is 4.79 Å². The van der Waals surface area contributed by atoms with Crippen molar-refractivity contribution in [2.75, 3.05) is 11.9 Å². The molecule has 1 aromatic rings. The highest BCUT2D eigenvalue weighted by Gasteiger charge is 2.16. The second kappa shape index (κ2) is 3.35. The second-order valence-electron chi connectivity index (χ2n) is 2.64. The average molecular weight is 196 g/mol. The number of carbonyl (C=O) groups is 1. The Labute approximate surface area is 79.4 Å². The number of hydrogen-bond acceptors (Lipinski definition) is 5. The molecule has 4 nitrogen and oxygen atoms in total. The second-order valence-corrected chi connectivity index (χ2v) is 3.69.